The highest BCUT2D eigenvalue weighted by atomic mass is 16.6. The lowest BCUT2D eigenvalue weighted by atomic mass is 9.72. The molecule has 1 saturated heterocycles. The van der Waals surface area contributed by atoms with Crippen molar-refractivity contribution in [1.82, 2.24) is 4.90 Å². The zero-order valence-electron chi connectivity index (χ0n) is 10.3. The molecule has 16 heavy (non-hydrogen) atoms. The predicted octanol–water partition coefficient (Wildman–Crippen LogP) is 1.91. The van der Waals surface area contributed by atoms with Crippen LogP contribution in [0.25, 0.3) is 0 Å². The van der Waals surface area contributed by atoms with E-state index in [1.165, 1.54) is 0 Å². The molecule has 0 aromatic rings. The van der Waals surface area contributed by atoms with Crippen LogP contribution in [0.1, 0.15) is 46.5 Å². The Kier molecular flexibility index (Phi) is 2.65. The highest BCUT2D eigenvalue weighted by Gasteiger charge is 2.55. The topological polar surface area (TPSA) is 49.8 Å². The maximum atomic E-state index is 12.0. The number of hydrogen-bond acceptors (Lipinski definition) is 3. The summed E-state index contributed by atoms with van der Waals surface area (Å²) >= 11 is 0. The van der Waals surface area contributed by atoms with Crippen molar-refractivity contribution in [1.29, 1.82) is 0 Å². The third-order valence-corrected chi connectivity index (χ3v) is 3.61. The summed E-state index contributed by atoms with van der Waals surface area (Å²) in [6.45, 7) is 6.31. The molecule has 1 amide bonds. The largest absolute Gasteiger partial charge is 0.444 e. The molecule has 4 nitrogen and oxygen atoms in total. The number of aliphatic hydroxyl groups is 1. The number of carbonyl (C=O) groups excluding carboxylic acids is 1. The fourth-order valence-corrected chi connectivity index (χ4v) is 2.70. The Morgan fingerprint density at radius 3 is 2.56 bits per heavy atom. The van der Waals surface area contributed by atoms with Gasteiger partial charge in [0.05, 0.1) is 11.6 Å². The molecule has 0 unspecified atom stereocenters. The van der Waals surface area contributed by atoms with Gasteiger partial charge in [-0.3, -0.25) is 4.90 Å². The van der Waals surface area contributed by atoms with Crippen molar-refractivity contribution < 1.29 is 14.6 Å². The molecule has 1 heterocycles. The van der Waals surface area contributed by atoms with Gasteiger partial charge >= 0.3 is 6.09 Å². The van der Waals surface area contributed by atoms with Crippen molar-refractivity contribution in [2.75, 3.05) is 6.54 Å². The van der Waals surface area contributed by atoms with Crippen molar-refractivity contribution in [2.24, 2.45) is 0 Å². The van der Waals surface area contributed by atoms with E-state index >= 15 is 0 Å². The van der Waals surface area contributed by atoms with Gasteiger partial charge in [-0.1, -0.05) is 0 Å². The Morgan fingerprint density at radius 1 is 1.44 bits per heavy atom. The fraction of sp³-hybridized carbons (Fsp3) is 0.917. The molecule has 1 saturated carbocycles. The number of aliphatic hydroxyl groups excluding tert-OH is 1. The fourth-order valence-electron chi connectivity index (χ4n) is 2.70. The lowest BCUT2D eigenvalue weighted by Gasteiger charge is -2.49. The molecule has 2 fully saturated rings. The van der Waals surface area contributed by atoms with Crippen LogP contribution in [0.5, 0.6) is 0 Å². The first-order valence-corrected chi connectivity index (χ1v) is 6.04. The van der Waals surface area contributed by atoms with Crippen molar-refractivity contribution in [3.8, 4) is 0 Å². The normalized spacial score (nSPS) is 34.0. The molecule has 1 aliphatic heterocycles. The minimum absolute atomic E-state index is 0.274. The molecule has 0 aromatic carbocycles. The first-order valence-electron chi connectivity index (χ1n) is 6.04. The van der Waals surface area contributed by atoms with Gasteiger partial charge < -0.3 is 9.84 Å². The maximum absolute atomic E-state index is 12.0. The van der Waals surface area contributed by atoms with Gasteiger partial charge in [0.15, 0.2) is 0 Å². The highest BCUT2D eigenvalue weighted by molar-refractivity contribution is 5.70. The summed E-state index contributed by atoms with van der Waals surface area (Å²) < 4.78 is 5.38. The lowest BCUT2D eigenvalue weighted by molar-refractivity contribution is -0.0850. The van der Waals surface area contributed by atoms with Gasteiger partial charge in [0, 0.05) is 6.54 Å². The second-order valence-corrected chi connectivity index (χ2v) is 5.89. The summed E-state index contributed by atoms with van der Waals surface area (Å²) in [6, 6.07) is 0. The number of hydrogen-bond donors (Lipinski definition) is 1. The van der Waals surface area contributed by atoms with Crippen molar-refractivity contribution in [3.05, 3.63) is 0 Å². The quantitative estimate of drug-likeness (QED) is 0.687. The number of rotatable bonds is 0. The van der Waals surface area contributed by atoms with Crippen LogP contribution in [0.3, 0.4) is 0 Å². The van der Waals surface area contributed by atoms with Crippen LogP contribution in [-0.4, -0.2) is 39.9 Å². The Morgan fingerprint density at radius 2 is 2.12 bits per heavy atom. The summed E-state index contributed by atoms with van der Waals surface area (Å²) in [5.41, 5.74) is -0.766. The number of ether oxygens (including phenoxy) is 1. The first-order chi connectivity index (χ1) is 7.35. The Hall–Kier alpha value is -0.770. The van der Waals surface area contributed by atoms with Gasteiger partial charge in [-0.25, -0.2) is 4.79 Å². The van der Waals surface area contributed by atoms with Crippen LogP contribution >= 0.6 is 0 Å². The van der Waals surface area contributed by atoms with Crippen molar-refractivity contribution in [3.63, 3.8) is 0 Å². The van der Waals surface area contributed by atoms with E-state index in [0.29, 0.717) is 6.54 Å². The van der Waals surface area contributed by atoms with E-state index in [1.807, 2.05) is 20.8 Å². The Balaban J connectivity index is 2.06. The zero-order chi connectivity index (χ0) is 12.0. The number of amides is 1. The standard InChI is InChI=1S/C12H21NO3/c1-11(2,3)16-10(15)13-8-4-6-12(13)7-5-9(12)14/h9,14H,4-8H2,1-3H3/t9-,12+/m0/s1. The van der Waals surface area contributed by atoms with E-state index in [0.717, 1.165) is 25.7 Å². The number of carbonyl (C=O) groups is 1. The lowest BCUT2D eigenvalue weighted by Crippen LogP contribution is -2.62. The molecule has 1 aliphatic carbocycles. The summed E-state index contributed by atoms with van der Waals surface area (Å²) in [7, 11) is 0. The summed E-state index contributed by atoms with van der Waals surface area (Å²) in [5.74, 6) is 0. The third-order valence-electron chi connectivity index (χ3n) is 3.61. The first kappa shape index (κ1) is 11.7. The molecular formula is C12H21NO3. The smallest absolute Gasteiger partial charge is 0.410 e. The van der Waals surface area contributed by atoms with Gasteiger partial charge in [-0.05, 0) is 46.5 Å². The SMILES string of the molecule is CC(C)(C)OC(=O)N1CCC[C@]12CC[C@@H]2O. The molecule has 2 rings (SSSR count). The van der Waals surface area contributed by atoms with Gasteiger partial charge in [0.2, 0.25) is 0 Å². The minimum atomic E-state index is -0.463. The molecule has 0 aromatic heterocycles. The second-order valence-electron chi connectivity index (χ2n) is 5.89. The van der Waals surface area contributed by atoms with Gasteiger partial charge in [-0.2, -0.15) is 0 Å². The molecular weight excluding hydrogens is 206 g/mol. The second kappa shape index (κ2) is 3.62. The number of likely N-dealkylation sites (tertiary alicyclic amines) is 1. The van der Waals surface area contributed by atoms with Crippen LogP contribution in [0.15, 0.2) is 0 Å². The van der Waals surface area contributed by atoms with E-state index in [4.69, 9.17) is 4.74 Å². The van der Waals surface area contributed by atoms with Crippen LogP contribution in [0, 0.1) is 0 Å². The van der Waals surface area contributed by atoms with Crippen molar-refractivity contribution >= 4 is 6.09 Å². The van der Waals surface area contributed by atoms with Crippen LogP contribution in [0.4, 0.5) is 4.79 Å². The van der Waals surface area contributed by atoms with E-state index in [1.54, 1.807) is 4.90 Å². The highest BCUT2D eigenvalue weighted by Crippen LogP contribution is 2.46. The molecule has 0 bridgehead atoms. The van der Waals surface area contributed by atoms with Gasteiger partial charge in [0.1, 0.15) is 5.60 Å². The average Bonchev–Trinajstić information content (AvgIpc) is 2.59. The predicted molar refractivity (Wildman–Crippen MR) is 60.1 cm³/mol. The Bertz CT molecular complexity index is 297. The Labute approximate surface area is 96.6 Å². The third kappa shape index (κ3) is 1.79. The average molecular weight is 227 g/mol. The number of nitrogens with zero attached hydrogens (tertiary/aromatic N) is 1. The van der Waals surface area contributed by atoms with E-state index in [9.17, 15) is 9.90 Å². The zero-order valence-corrected chi connectivity index (χ0v) is 10.3. The van der Waals surface area contributed by atoms with E-state index in [-0.39, 0.29) is 17.7 Å². The molecule has 0 radical (unpaired) electrons. The summed E-state index contributed by atoms with van der Waals surface area (Å²) in [6.07, 6.45) is 2.96. The van der Waals surface area contributed by atoms with Gasteiger partial charge in [-0.15, -0.1) is 0 Å². The molecule has 4 heteroatoms. The van der Waals surface area contributed by atoms with E-state index in [2.05, 4.69) is 0 Å². The molecule has 2 aliphatic rings. The molecule has 2 atom stereocenters. The van der Waals surface area contributed by atoms with Crippen LogP contribution < -0.4 is 0 Å². The van der Waals surface area contributed by atoms with E-state index < -0.39 is 5.60 Å². The maximum Gasteiger partial charge on any atom is 0.410 e. The van der Waals surface area contributed by atoms with Crippen LogP contribution in [0.2, 0.25) is 0 Å². The summed E-state index contributed by atoms with van der Waals surface area (Å²) in [5, 5.41) is 9.87. The van der Waals surface area contributed by atoms with Gasteiger partial charge in [0.25, 0.3) is 0 Å². The monoisotopic (exact) mass is 227 g/mol. The molecule has 1 spiro atoms. The summed E-state index contributed by atoms with van der Waals surface area (Å²) in [4.78, 5) is 13.7. The molecule has 92 valence electrons. The molecule has 1 N–H and O–H groups in total. The minimum Gasteiger partial charge on any atom is -0.444 e. The van der Waals surface area contributed by atoms with Crippen molar-refractivity contribution in [2.45, 2.75) is 63.7 Å². The van der Waals surface area contributed by atoms with Crippen LogP contribution in [-0.2, 0) is 4.74 Å².